The second kappa shape index (κ2) is 11.4. The summed E-state index contributed by atoms with van der Waals surface area (Å²) in [5.74, 6) is -3.87. The van der Waals surface area contributed by atoms with E-state index in [0.29, 0.717) is 6.54 Å². The molecule has 0 saturated carbocycles. The number of hydrogen-bond acceptors (Lipinski definition) is 3. The van der Waals surface area contributed by atoms with Gasteiger partial charge >= 0.3 is 6.09 Å². The number of carbonyl (C=O) groups excluding carboxylic acids is 1. The van der Waals surface area contributed by atoms with Crippen molar-refractivity contribution in [2.24, 2.45) is 5.92 Å². The van der Waals surface area contributed by atoms with Gasteiger partial charge < -0.3 is 9.22 Å². The minimum atomic E-state index is -1.60. The summed E-state index contributed by atoms with van der Waals surface area (Å²) in [6.45, 7) is 3.31. The van der Waals surface area contributed by atoms with Gasteiger partial charge in [0, 0.05) is 29.4 Å². The first-order valence-electron chi connectivity index (χ1n) is 12.7. The summed E-state index contributed by atoms with van der Waals surface area (Å²) in [5.41, 5.74) is -0.0935. The van der Waals surface area contributed by atoms with Gasteiger partial charge in [-0.2, -0.15) is 0 Å². The van der Waals surface area contributed by atoms with Crippen molar-refractivity contribution in [3.63, 3.8) is 0 Å². The Morgan fingerprint density at radius 2 is 1.58 bits per heavy atom. The van der Waals surface area contributed by atoms with Crippen LogP contribution in [0.4, 0.5) is 28.0 Å². The maximum Gasteiger partial charge on any atom is 0.415 e. The highest BCUT2D eigenvalue weighted by atomic mass is 32.2. The predicted molar refractivity (Wildman–Crippen MR) is 139 cm³/mol. The molecule has 200 valence electrons. The van der Waals surface area contributed by atoms with Crippen molar-refractivity contribution in [2.45, 2.75) is 30.4 Å². The molecule has 6 rings (SSSR count). The highest BCUT2D eigenvalue weighted by Gasteiger charge is 2.47. The van der Waals surface area contributed by atoms with E-state index in [1.54, 1.807) is 6.07 Å². The third-order valence-electron chi connectivity index (χ3n) is 7.62. The smallest absolute Gasteiger partial charge is 0.415 e. The molecule has 0 aliphatic carbocycles. The number of benzene rings is 3. The van der Waals surface area contributed by atoms with E-state index in [9.17, 15) is 22.4 Å². The molecule has 3 aliphatic rings. The summed E-state index contributed by atoms with van der Waals surface area (Å²) in [4.78, 5) is 15.7. The summed E-state index contributed by atoms with van der Waals surface area (Å²) < 4.78 is 62.8. The molecule has 1 atom stereocenters. The van der Waals surface area contributed by atoms with Gasteiger partial charge in [-0.15, -0.1) is 11.8 Å². The van der Waals surface area contributed by atoms with Gasteiger partial charge in [0.15, 0.2) is 23.6 Å². The van der Waals surface area contributed by atoms with Gasteiger partial charge in [-0.3, -0.25) is 4.90 Å². The fourth-order valence-electron chi connectivity index (χ4n) is 5.54. The van der Waals surface area contributed by atoms with Crippen LogP contribution in [0.2, 0.25) is 0 Å². The van der Waals surface area contributed by atoms with Crippen LogP contribution in [0.15, 0.2) is 71.6 Å². The molecule has 9 heteroatoms. The predicted octanol–water partition coefficient (Wildman–Crippen LogP) is 6.79. The largest absolute Gasteiger partial charge is 0.440 e. The highest BCUT2D eigenvalue weighted by Crippen LogP contribution is 2.37. The van der Waals surface area contributed by atoms with Gasteiger partial charge in [-0.1, -0.05) is 30.3 Å². The van der Waals surface area contributed by atoms with Crippen molar-refractivity contribution in [3.05, 3.63) is 95.6 Å². The molecule has 4 nitrogen and oxygen atoms in total. The van der Waals surface area contributed by atoms with Crippen LogP contribution >= 0.6 is 11.8 Å². The Hall–Kier alpha value is -3.04. The number of rotatable bonds is 8. The second-order valence-corrected chi connectivity index (χ2v) is 11.2. The van der Waals surface area contributed by atoms with Gasteiger partial charge in [0.1, 0.15) is 12.4 Å². The molecule has 3 fully saturated rings. The number of amides is 1. The van der Waals surface area contributed by atoms with E-state index < -0.39 is 29.4 Å². The van der Waals surface area contributed by atoms with Crippen molar-refractivity contribution >= 4 is 23.5 Å². The lowest BCUT2D eigenvalue weighted by molar-refractivity contribution is -0.943. The molecule has 3 saturated heterocycles. The first-order valence-corrected chi connectivity index (χ1v) is 13.7. The van der Waals surface area contributed by atoms with Crippen molar-refractivity contribution in [1.29, 1.82) is 0 Å². The number of halogens is 4. The Morgan fingerprint density at radius 3 is 2.26 bits per heavy atom. The molecular weight excluding hydrogens is 516 g/mol. The average molecular weight is 546 g/mol. The molecular formula is C29H29F4N2O2S+. The first kappa shape index (κ1) is 26.6. The number of ether oxygens (including phenoxy) is 1. The van der Waals surface area contributed by atoms with E-state index in [0.717, 1.165) is 59.7 Å². The fraction of sp³-hybridized carbons (Fsp3) is 0.345. The molecule has 0 spiro atoms. The molecule has 3 aromatic rings. The minimum Gasteiger partial charge on any atom is -0.440 e. The summed E-state index contributed by atoms with van der Waals surface area (Å²) in [7, 11) is 0. The van der Waals surface area contributed by atoms with Gasteiger partial charge in [0.05, 0.1) is 31.9 Å². The average Bonchev–Trinajstić information content (AvgIpc) is 2.92. The molecule has 3 heterocycles. The number of hydrogen-bond donors (Lipinski definition) is 0. The number of carbonyl (C=O) groups is 1. The molecule has 3 aliphatic heterocycles. The van der Waals surface area contributed by atoms with Crippen molar-refractivity contribution in [2.75, 3.05) is 36.8 Å². The van der Waals surface area contributed by atoms with Gasteiger partial charge in [0.25, 0.3) is 0 Å². The van der Waals surface area contributed by atoms with Crippen LogP contribution in [-0.2, 0) is 11.3 Å². The maximum absolute atomic E-state index is 14.7. The van der Waals surface area contributed by atoms with Crippen LogP contribution in [0.25, 0.3) is 0 Å². The molecule has 38 heavy (non-hydrogen) atoms. The summed E-state index contributed by atoms with van der Waals surface area (Å²) in [6.07, 6.45) is 0.725. The zero-order chi connectivity index (χ0) is 26.7. The first-order chi connectivity index (χ1) is 18.3. The van der Waals surface area contributed by atoms with Crippen LogP contribution in [-0.4, -0.2) is 48.6 Å². The van der Waals surface area contributed by atoms with E-state index in [1.165, 1.54) is 23.1 Å². The lowest BCUT2D eigenvalue weighted by Crippen LogP contribution is -2.65. The molecule has 0 radical (unpaired) electrons. The van der Waals surface area contributed by atoms with Gasteiger partial charge in [-0.25, -0.2) is 22.4 Å². The topological polar surface area (TPSA) is 29.5 Å². The van der Waals surface area contributed by atoms with Crippen LogP contribution in [0.3, 0.4) is 0 Å². The molecule has 0 N–H and O–H groups in total. The number of anilines is 1. The standard InChI is InChI=1S/C29H29F4N2O2S/c30-23-8-4-5-9-26(23)34(18-20-16-24(31)28(33)25(32)17-20)29(36)37-27-19-35(12-10-21(27)11-13-35)14-15-38-22-6-2-1-3-7-22/h1-9,16-17,21,27H,10-15,18-19H2/q+1/t21?,27-,35?/m0/s1. The number of para-hydroxylation sites is 1. The second-order valence-electron chi connectivity index (χ2n) is 10.0. The summed E-state index contributed by atoms with van der Waals surface area (Å²) in [6, 6.07) is 17.5. The lowest BCUT2D eigenvalue weighted by atomic mass is 9.83. The Morgan fingerprint density at radius 1 is 0.921 bits per heavy atom. The molecule has 1 amide bonds. The quantitative estimate of drug-likeness (QED) is 0.135. The van der Waals surface area contributed by atoms with E-state index in [-0.39, 0.29) is 29.8 Å². The third-order valence-corrected chi connectivity index (χ3v) is 8.61. The van der Waals surface area contributed by atoms with E-state index >= 15 is 0 Å². The van der Waals surface area contributed by atoms with Crippen LogP contribution < -0.4 is 4.90 Å². The highest BCUT2D eigenvalue weighted by molar-refractivity contribution is 7.99. The lowest BCUT2D eigenvalue weighted by Gasteiger charge is -2.52. The van der Waals surface area contributed by atoms with Crippen LogP contribution in [0.5, 0.6) is 0 Å². The molecule has 2 bridgehead atoms. The van der Waals surface area contributed by atoms with Crippen LogP contribution in [0.1, 0.15) is 18.4 Å². The molecule has 3 aromatic carbocycles. The zero-order valence-electron chi connectivity index (χ0n) is 20.8. The SMILES string of the molecule is O=C(O[C@H]1C[N+]2(CCSc3ccccc3)CCC1CC2)N(Cc1cc(F)c(F)c(F)c1)c1ccccc1F. The number of piperidine rings is 3. The zero-order valence-corrected chi connectivity index (χ0v) is 21.6. The van der Waals surface area contributed by atoms with Crippen LogP contribution in [0, 0.1) is 29.2 Å². The summed E-state index contributed by atoms with van der Waals surface area (Å²) in [5, 5.41) is 0. The summed E-state index contributed by atoms with van der Waals surface area (Å²) >= 11 is 1.81. The normalized spacial score (nSPS) is 22.3. The molecule has 0 unspecified atom stereocenters. The van der Waals surface area contributed by atoms with E-state index in [4.69, 9.17) is 4.74 Å². The van der Waals surface area contributed by atoms with Crippen molar-refractivity contribution in [1.82, 2.24) is 0 Å². The van der Waals surface area contributed by atoms with Gasteiger partial charge in [-0.05, 0) is 42.0 Å². The molecule has 0 aromatic heterocycles. The van der Waals surface area contributed by atoms with Crippen molar-refractivity contribution in [3.8, 4) is 0 Å². The Kier molecular flexibility index (Phi) is 7.95. The van der Waals surface area contributed by atoms with Gasteiger partial charge in [0.2, 0.25) is 0 Å². The minimum absolute atomic E-state index is 0.0167. The van der Waals surface area contributed by atoms with Crippen molar-refractivity contribution < 1.29 is 31.6 Å². The van der Waals surface area contributed by atoms with E-state index in [2.05, 4.69) is 12.1 Å². The number of quaternary nitrogens is 1. The number of fused-ring (bicyclic) bond motifs is 3. The number of nitrogens with zero attached hydrogens (tertiary/aromatic N) is 2. The Balaban J connectivity index is 1.31. The third kappa shape index (κ3) is 5.83. The Bertz CT molecular complexity index is 1260. The fourth-order valence-corrected chi connectivity index (χ4v) is 6.60. The monoisotopic (exact) mass is 545 g/mol. The maximum atomic E-state index is 14.7. The Labute approximate surface area is 223 Å². The number of thioether (sulfide) groups is 1. The van der Waals surface area contributed by atoms with E-state index in [1.807, 2.05) is 30.0 Å².